The highest BCUT2D eigenvalue weighted by Gasteiger charge is 2.12. The van der Waals surface area contributed by atoms with E-state index in [2.05, 4.69) is 15.8 Å². The Bertz CT molecular complexity index is 775. The maximum Gasteiger partial charge on any atom is 0.272 e. The first kappa shape index (κ1) is 17.6. The third-order valence-electron chi connectivity index (χ3n) is 3.44. The van der Waals surface area contributed by atoms with Crippen LogP contribution in [0.25, 0.3) is 0 Å². The summed E-state index contributed by atoms with van der Waals surface area (Å²) >= 11 is 5.17. The van der Waals surface area contributed by atoms with E-state index in [0.717, 1.165) is 5.56 Å². The van der Waals surface area contributed by atoms with E-state index in [9.17, 15) is 10.1 Å². The SMILES string of the molecule is CC(=NNC(=S)NCc1ccccc1)c1ccc(C)c([N+](=O)[O-])c1. The van der Waals surface area contributed by atoms with E-state index < -0.39 is 4.92 Å². The summed E-state index contributed by atoms with van der Waals surface area (Å²) in [7, 11) is 0. The molecule has 0 atom stereocenters. The van der Waals surface area contributed by atoms with Crippen LogP contribution < -0.4 is 10.7 Å². The molecular formula is C17H18N4O2S. The van der Waals surface area contributed by atoms with Crippen molar-refractivity contribution in [3.63, 3.8) is 0 Å². The first-order chi connectivity index (χ1) is 11.5. The maximum absolute atomic E-state index is 11.0. The molecule has 0 fully saturated rings. The van der Waals surface area contributed by atoms with Gasteiger partial charge in [-0.1, -0.05) is 42.5 Å². The van der Waals surface area contributed by atoms with Crippen molar-refractivity contribution in [2.45, 2.75) is 20.4 Å². The van der Waals surface area contributed by atoms with Crippen LogP contribution in [0.2, 0.25) is 0 Å². The van der Waals surface area contributed by atoms with Gasteiger partial charge in [-0.25, -0.2) is 0 Å². The molecule has 0 heterocycles. The zero-order valence-corrected chi connectivity index (χ0v) is 14.3. The first-order valence-electron chi connectivity index (χ1n) is 7.35. The van der Waals surface area contributed by atoms with Gasteiger partial charge < -0.3 is 5.32 Å². The Kier molecular flexibility index (Phi) is 5.97. The molecule has 6 nitrogen and oxygen atoms in total. The zero-order chi connectivity index (χ0) is 17.5. The van der Waals surface area contributed by atoms with Gasteiger partial charge >= 0.3 is 0 Å². The van der Waals surface area contributed by atoms with Crippen molar-refractivity contribution in [2.75, 3.05) is 0 Å². The smallest absolute Gasteiger partial charge is 0.272 e. The number of hydrazone groups is 1. The van der Waals surface area contributed by atoms with Crippen LogP contribution >= 0.6 is 12.2 Å². The number of rotatable bonds is 5. The normalized spacial score (nSPS) is 11.0. The second-order valence-electron chi connectivity index (χ2n) is 5.24. The van der Waals surface area contributed by atoms with Crippen LogP contribution in [0.3, 0.4) is 0 Å². The van der Waals surface area contributed by atoms with Gasteiger partial charge in [0, 0.05) is 23.7 Å². The molecular weight excluding hydrogens is 324 g/mol. The highest BCUT2D eigenvalue weighted by atomic mass is 32.1. The second kappa shape index (κ2) is 8.16. The molecule has 0 aromatic heterocycles. The Labute approximate surface area is 145 Å². The van der Waals surface area contributed by atoms with Crippen molar-refractivity contribution in [3.8, 4) is 0 Å². The Balaban J connectivity index is 1.97. The number of hydrogen-bond acceptors (Lipinski definition) is 4. The van der Waals surface area contributed by atoms with Gasteiger partial charge in [-0.05, 0) is 31.6 Å². The minimum Gasteiger partial charge on any atom is -0.357 e. The molecule has 0 saturated carbocycles. The number of benzene rings is 2. The molecule has 0 aliphatic rings. The van der Waals surface area contributed by atoms with Crippen LogP contribution in [0.15, 0.2) is 53.6 Å². The number of hydrogen-bond donors (Lipinski definition) is 2. The highest BCUT2D eigenvalue weighted by Crippen LogP contribution is 2.19. The molecule has 0 bridgehead atoms. The number of nitrogens with zero attached hydrogens (tertiary/aromatic N) is 2. The molecule has 2 rings (SSSR count). The molecule has 0 spiro atoms. The van der Waals surface area contributed by atoms with E-state index in [0.29, 0.717) is 28.5 Å². The van der Waals surface area contributed by atoms with Crippen LogP contribution in [0.4, 0.5) is 5.69 Å². The molecule has 0 amide bonds. The van der Waals surface area contributed by atoms with Crippen molar-refractivity contribution < 1.29 is 4.92 Å². The van der Waals surface area contributed by atoms with E-state index in [-0.39, 0.29) is 5.69 Å². The molecule has 0 saturated heterocycles. The lowest BCUT2D eigenvalue weighted by Gasteiger charge is -2.08. The summed E-state index contributed by atoms with van der Waals surface area (Å²) in [4.78, 5) is 10.6. The molecule has 7 heteroatoms. The van der Waals surface area contributed by atoms with Crippen molar-refractivity contribution in [1.82, 2.24) is 10.7 Å². The lowest BCUT2D eigenvalue weighted by atomic mass is 10.1. The molecule has 2 aromatic rings. The largest absolute Gasteiger partial charge is 0.357 e. The summed E-state index contributed by atoms with van der Waals surface area (Å²) in [5.74, 6) is 0. The average Bonchev–Trinajstić information content (AvgIpc) is 2.59. The van der Waals surface area contributed by atoms with Crippen LogP contribution in [0.5, 0.6) is 0 Å². The molecule has 124 valence electrons. The van der Waals surface area contributed by atoms with Gasteiger partial charge in [-0.2, -0.15) is 5.10 Å². The van der Waals surface area contributed by atoms with Crippen molar-refractivity contribution in [1.29, 1.82) is 0 Å². The van der Waals surface area contributed by atoms with Crippen molar-refractivity contribution >= 4 is 28.7 Å². The number of nitro groups is 1. The minimum absolute atomic E-state index is 0.0758. The van der Waals surface area contributed by atoms with E-state index in [1.165, 1.54) is 6.07 Å². The highest BCUT2D eigenvalue weighted by molar-refractivity contribution is 7.80. The van der Waals surface area contributed by atoms with Crippen LogP contribution in [0, 0.1) is 17.0 Å². The monoisotopic (exact) mass is 342 g/mol. The fourth-order valence-corrected chi connectivity index (χ4v) is 2.17. The average molecular weight is 342 g/mol. The van der Waals surface area contributed by atoms with E-state index >= 15 is 0 Å². The zero-order valence-electron chi connectivity index (χ0n) is 13.4. The fourth-order valence-electron chi connectivity index (χ4n) is 2.05. The van der Waals surface area contributed by atoms with Crippen LogP contribution in [-0.4, -0.2) is 15.7 Å². The second-order valence-corrected chi connectivity index (χ2v) is 5.64. The third-order valence-corrected chi connectivity index (χ3v) is 3.68. The maximum atomic E-state index is 11.0. The Hall–Kier alpha value is -2.80. The van der Waals surface area contributed by atoms with Gasteiger partial charge in [-0.15, -0.1) is 0 Å². The predicted octanol–water partition coefficient (Wildman–Crippen LogP) is 3.29. The van der Waals surface area contributed by atoms with Gasteiger partial charge in [0.15, 0.2) is 5.11 Å². The first-order valence-corrected chi connectivity index (χ1v) is 7.75. The molecule has 2 aromatic carbocycles. The van der Waals surface area contributed by atoms with Gasteiger partial charge in [0.2, 0.25) is 0 Å². The molecule has 0 aliphatic carbocycles. The molecule has 2 N–H and O–H groups in total. The predicted molar refractivity (Wildman–Crippen MR) is 99.1 cm³/mol. The number of nitrogens with one attached hydrogen (secondary N) is 2. The molecule has 0 aliphatic heterocycles. The fraction of sp³-hybridized carbons (Fsp3) is 0.176. The molecule has 0 radical (unpaired) electrons. The molecule has 0 unspecified atom stereocenters. The summed E-state index contributed by atoms with van der Waals surface area (Å²) in [6.45, 7) is 4.06. The van der Waals surface area contributed by atoms with Gasteiger partial charge in [0.1, 0.15) is 0 Å². The van der Waals surface area contributed by atoms with Crippen molar-refractivity contribution in [2.24, 2.45) is 5.10 Å². The van der Waals surface area contributed by atoms with Gasteiger partial charge in [0.25, 0.3) is 5.69 Å². The van der Waals surface area contributed by atoms with Crippen molar-refractivity contribution in [3.05, 3.63) is 75.3 Å². The summed E-state index contributed by atoms with van der Waals surface area (Å²) in [6.07, 6.45) is 0. The minimum atomic E-state index is -0.397. The lowest BCUT2D eigenvalue weighted by Crippen LogP contribution is -2.32. The number of aryl methyl sites for hydroxylation is 1. The molecule has 24 heavy (non-hydrogen) atoms. The lowest BCUT2D eigenvalue weighted by molar-refractivity contribution is -0.385. The topological polar surface area (TPSA) is 79.6 Å². The standard InChI is InChI=1S/C17H18N4O2S/c1-12-8-9-15(10-16(12)21(22)23)13(2)19-20-17(24)18-11-14-6-4-3-5-7-14/h3-10H,11H2,1-2H3,(H2,18,20,24). The number of thiocarbonyl (C=S) groups is 1. The Morgan fingerprint density at radius 2 is 1.96 bits per heavy atom. The summed E-state index contributed by atoms with van der Waals surface area (Å²) in [5, 5.41) is 18.6. The van der Waals surface area contributed by atoms with Crippen LogP contribution in [-0.2, 0) is 6.54 Å². The Morgan fingerprint density at radius 1 is 1.25 bits per heavy atom. The van der Waals surface area contributed by atoms with E-state index in [1.807, 2.05) is 30.3 Å². The summed E-state index contributed by atoms with van der Waals surface area (Å²) < 4.78 is 0. The summed E-state index contributed by atoms with van der Waals surface area (Å²) in [5.41, 5.74) is 5.84. The van der Waals surface area contributed by atoms with E-state index in [1.54, 1.807) is 26.0 Å². The quantitative estimate of drug-likeness (QED) is 0.377. The van der Waals surface area contributed by atoms with E-state index in [4.69, 9.17) is 12.2 Å². The Morgan fingerprint density at radius 3 is 2.62 bits per heavy atom. The number of nitro benzene ring substituents is 1. The third kappa shape index (κ3) is 4.85. The van der Waals surface area contributed by atoms with Crippen LogP contribution in [0.1, 0.15) is 23.6 Å². The van der Waals surface area contributed by atoms with Gasteiger partial charge in [0.05, 0.1) is 10.6 Å². The summed E-state index contributed by atoms with van der Waals surface area (Å²) in [6, 6.07) is 14.9. The van der Waals surface area contributed by atoms with Gasteiger partial charge in [-0.3, -0.25) is 15.5 Å².